The molecule has 0 amide bonds. The van der Waals surface area contributed by atoms with E-state index in [0.29, 0.717) is 18.0 Å². The van der Waals surface area contributed by atoms with Gasteiger partial charge in [-0.1, -0.05) is 27.2 Å². The Bertz CT molecular complexity index is 373. The van der Waals surface area contributed by atoms with Crippen LogP contribution >= 0.6 is 11.8 Å². The number of benzene rings is 1. The van der Waals surface area contributed by atoms with E-state index < -0.39 is 11.6 Å². The maximum absolute atomic E-state index is 13.9. The predicted molar refractivity (Wildman–Crippen MR) is 78.5 cm³/mol. The fourth-order valence-electron chi connectivity index (χ4n) is 1.61. The minimum absolute atomic E-state index is 0.152. The van der Waals surface area contributed by atoms with Crippen LogP contribution in [-0.4, -0.2) is 12.3 Å². The third-order valence-electron chi connectivity index (χ3n) is 3.02. The van der Waals surface area contributed by atoms with Crippen molar-refractivity contribution in [3.05, 3.63) is 29.3 Å². The van der Waals surface area contributed by atoms with Crippen LogP contribution in [0.4, 0.5) is 8.78 Å². The summed E-state index contributed by atoms with van der Waals surface area (Å²) in [5.41, 5.74) is 0.663. The van der Waals surface area contributed by atoms with Gasteiger partial charge in [-0.2, -0.15) is 0 Å². The molecular weight excluding hydrogens is 264 g/mol. The van der Waals surface area contributed by atoms with Gasteiger partial charge in [0.2, 0.25) is 0 Å². The minimum atomic E-state index is -0.443. The summed E-state index contributed by atoms with van der Waals surface area (Å²) < 4.78 is 27.8. The summed E-state index contributed by atoms with van der Waals surface area (Å²) in [4.78, 5) is 0.152. The smallest absolute Gasteiger partial charge is 0.140 e. The van der Waals surface area contributed by atoms with Gasteiger partial charge in [0.05, 0.1) is 4.90 Å². The zero-order chi connectivity index (χ0) is 14.3. The molecule has 0 bridgehead atoms. The van der Waals surface area contributed by atoms with Crippen LogP contribution in [0.2, 0.25) is 0 Å². The summed E-state index contributed by atoms with van der Waals surface area (Å²) in [6.45, 7) is 7.60. The molecule has 1 N–H and O–H groups in total. The van der Waals surface area contributed by atoms with E-state index in [1.165, 1.54) is 23.9 Å². The SMILES string of the molecule is CCCNCc1cc(F)c(SCC(C)CC)c(F)c1. The van der Waals surface area contributed by atoms with E-state index in [-0.39, 0.29) is 4.90 Å². The molecule has 0 fully saturated rings. The van der Waals surface area contributed by atoms with Gasteiger partial charge in [0.25, 0.3) is 0 Å². The van der Waals surface area contributed by atoms with Crippen molar-refractivity contribution >= 4 is 11.8 Å². The molecule has 0 aliphatic carbocycles. The van der Waals surface area contributed by atoms with Crippen molar-refractivity contribution in [1.82, 2.24) is 5.32 Å². The summed E-state index contributed by atoms with van der Waals surface area (Å²) in [5, 5.41) is 3.14. The molecule has 1 atom stereocenters. The van der Waals surface area contributed by atoms with Gasteiger partial charge >= 0.3 is 0 Å². The molecule has 1 unspecified atom stereocenters. The molecule has 108 valence electrons. The number of rotatable bonds is 8. The topological polar surface area (TPSA) is 12.0 Å². The first-order chi connectivity index (χ1) is 9.08. The van der Waals surface area contributed by atoms with Gasteiger partial charge in [-0.3, -0.25) is 0 Å². The molecule has 0 saturated carbocycles. The second-order valence-electron chi connectivity index (χ2n) is 4.89. The number of hydrogen-bond donors (Lipinski definition) is 1. The highest BCUT2D eigenvalue weighted by molar-refractivity contribution is 7.99. The summed E-state index contributed by atoms with van der Waals surface area (Å²) in [6.07, 6.45) is 2.03. The van der Waals surface area contributed by atoms with Crippen LogP contribution in [0.5, 0.6) is 0 Å². The first-order valence-corrected chi connectivity index (χ1v) is 7.88. The highest BCUT2D eigenvalue weighted by Gasteiger charge is 2.13. The van der Waals surface area contributed by atoms with Gasteiger partial charge in [-0.05, 0) is 36.6 Å². The molecule has 0 radical (unpaired) electrons. The lowest BCUT2D eigenvalue weighted by molar-refractivity contribution is 0.533. The Morgan fingerprint density at radius 3 is 2.37 bits per heavy atom. The lowest BCUT2D eigenvalue weighted by Crippen LogP contribution is -2.14. The third kappa shape index (κ3) is 5.49. The van der Waals surface area contributed by atoms with Gasteiger partial charge in [0.1, 0.15) is 11.6 Å². The Hall–Kier alpha value is -0.610. The molecule has 0 aliphatic rings. The van der Waals surface area contributed by atoms with Crippen LogP contribution in [0, 0.1) is 17.6 Å². The van der Waals surface area contributed by atoms with E-state index in [1.807, 2.05) is 0 Å². The van der Waals surface area contributed by atoms with E-state index in [9.17, 15) is 8.78 Å². The first-order valence-electron chi connectivity index (χ1n) is 6.89. The standard InChI is InChI=1S/C15H23F2NS/c1-4-6-18-9-12-7-13(16)15(14(17)8-12)19-10-11(3)5-2/h7-8,11,18H,4-6,9-10H2,1-3H3. The van der Waals surface area contributed by atoms with Gasteiger partial charge in [0, 0.05) is 12.3 Å². The fourth-order valence-corrected chi connectivity index (χ4v) is 2.69. The zero-order valence-corrected chi connectivity index (χ0v) is 12.7. The molecule has 19 heavy (non-hydrogen) atoms. The average Bonchev–Trinajstić information content (AvgIpc) is 2.37. The van der Waals surface area contributed by atoms with Crippen molar-refractivity contribution in [2.24, 2.45) is 5.92 Å². The monoisotopic (exact) mass is 287 g/mol. The van der Waals surface area contributed by atoms with Crippen LogP contribution in [0.15, 0.2) is 17.0 Å². The van der Waals surface area contributed by atoms with E-state index >= 15 is 0 Å². The van der Waals surface area contributed by atoms with Crippen LogP contribution in [0.3, 0.4) is 0 Å². The highest BCUT2D eigenvalue weighted by atomic mass is 32.2. The van der Waals surface area contributed by atoms with Gasteiger partial charge < -0.3 is 5.32 Å². The molecule has 0 heterocycles. The Kier molecular flexibility index (Phi) is 7.39. The van der Waals surface area contributed by atoms with Gasteiger partial charge in [0.15, 0.2) is 0 Å². The van der Waals surface area contributed by atoms with Crippen molar-refractivity contribution in [1.29, 1.82) is 0 Å². The number of thioether (sulfide) groups is 1. The molecule has 1 aromatic carbocycles. The summed E-state index contributed by atoms with van der Waals surface area (Å²) in [5.74, 6) is 0.329. The predicted octanol–water partition coefficient (Wildman–Crippen LogP) is 4.60. The van der Waals surface area contributed by atoms with Gasteiger partial charge in [-0.25, -0.2) is 8.78 Å². The maximum atomic E-state index is 13.9. The van der Waals surface area contributed by atoms with E-state index in [1.54, 1.807) is 0 Å². The maximum Gasteiger partial charge on any atom is 0.140 e. The molecule has 4 heteroatoms. The largest absolute Gasteiger partial charge is 0.313 e. The molecule has 1 nitrogen and oxygen atoms in total. The van der Waals surface area contributed by atoms with Crippen molar-refractivity contribution in [2.45, 2.75) is 45.1 Å². The van der Waals surface area contributed by atoms with Crippen LogP contribution < -0.4 is 5.32 Å². The molecule has 0 aliphatic heterocycles. The van der Waals surface area contributed by atoms with E-state index in [2.05, 4.69) is 26.1 Å². The Morgan fingerprint density at radius 2 is 1.84 bits per heavy atom. The van der Waals surface area contributed by atoms with Crippen LogP contribution in [0.25, 0.3) is 0 Å². The van der Waals surface area contributed by atoms with Crippen molar-refractivity contribution in [3.63, 3.8) is 0 Å². The summed E-state index contributed by atoms with van der Waals surface area (Å²) >= 11 is 1.27. The number of halogens is 2. The fraction of sp³-hybridized carbons (Fsp3) is 0.600. The summed E-state index contributed by atoms with van der Waals surface area (Å²) in [6, 6.07) is 2.87. The Balaban J connectivity index is 2.68. The van der Waals surface area contributed by atoms with Crippen molar-refractivity contribution in [3.8, 4) is 0 Å². The molecular formula is C15H23F2NS. The van der Waals surface area contributed by atoms with E-state index in [0.717, 1.165) is 25.1 Å². The minimum Gasteiger partial charge on any atom is -0.313 e. The molecule has 1 aromatic rings. The van der Waals surface area contributed by atoms with Gasteiger partial charge in [-0.15, -0.1) is 11.8 Å². The third-order valence-corrected chi connectivity index (χ3v) is 4.44. The molecule has 0 aromatic heterocycles. The average molecular weight is 287 g/mol. The molecule has 0 saturated heterocycles. The second kappa shape index (κ2) is 8.54. The molecule has 1 rings (SSSR count). The summed E-state index contributed by atoms with van der Waals surface area (Å²) in [7, 11) is 0. The highest BCUT2D eigenvalue weighted by Crippen LogP contribution is 2.28. The quantitative estimate of drug-likeness (QED) is 0.554. The number of nitrogens with one attached hydrogen (secondary N) is 1. The van der Waals surface area contributed by atoms with E-state index in [4.69, 9.17) is 0 Å². The zero-order valence-electron chi connectivity index (χ0n) is 11.9. The first kappa shape index (κ1) is 16.4. The molecule has 0 spiro atoms. The van der Waals surface area contributed by atoms with Crippen LogP contribution in [0.1, 0.15) is 39.2 Å². The van der Waals surface area contributed by atoms with Crippen LogP contribution in [-0.2, 0) is 6.54 Å². The lowest BCUT2D eigenvalue weighted by atomic mass is 10.2. The second-order valence-corrected chi connectivity index (χ2v) is 5.92. The van der Waals surface area contributed by atoms with Crippen molar-refractivity contribution in [2.75, 3.05) is 12.3 Å². The van der Waals surface area contributed by atoms with Crippen molar-refractivity contribution < 1.29 is 8.78 Å². The Morgan fingerprint density at radius 1 is 1.21 bits per heavy atom. The lowest BCUT2D eigenvalue weighted by Gasteiger charge is -2.11. The number of hydrogen-bond acceptors (Lipinski definition) is 2. The normalized spacial score (nSPS) is 12.7. The Labute approximate surface area is 119 Å².